The van der Waals surface area contributed by atoms with Gasteiger partial charge in [-0.15, -0.1) is 0 Å². The molecule has 12 heteroatoms. The number of carbonyl (C=O) groups is 1. The van der Waals surface area contributed by atoms with E-state index in [0.717, 1.165) is 42.8 Å². The van der Waals surface area contributed by atoms with Crippen LogP contribution in [0.2, 0.25) is 0 Å². The molecule has 8 rings (SSSR count). The Morgan fingerprint density at radius 2 is 1.48 bits per heavy atom. The number of carbonyl (C=O) groups excluding carboxylic acids is 1. The van der Waals surface area contributed by atoms with E-state index in [2.05, 4.69) is 99.3 Å². The van der Waals surface area contributed by atoms with E-state index in [-0.39, 0.29) is 28.6 Å². The average molecular weight is 827 g/mol. The van der Waals surface area contributed by atoms with Crippen molar-refractivity contribution in [3.05, 3.63) is 99.7 Å². The van der Waals surface area contributed by atoms with Crippen LogP contribution in [0.3, 0.4) is 0 Å². The summed E-state index contributed by atoms with van der Waals surface area (Å²) in [6, 6.07) is 13.0. The van der Waals surface area contributed by atoms with Gasteiger partial charge in [0.2, 0.25) is 6.04 Å². The van der Waals surface area contributed by atoms with Crippen LogP contribution in [0.4, 0.5) is 0 Å². The third-order valence-corrected chi connectivity index (χ3v) is 13.9. The first-order valence-corrected chi connectivity index (χ1v) is 21.9. The minimum absolute atomic E-state index is 0.0201. The SMILES string of the molecule is CC(=O)CC(C)(C)C(Cc1ccc[nH]1)[N+](=O)[O-].CC1(C)C[C@]2(C)NC1C[C@@H]1NC=C[C@@H]12.CC1=NC(Cc2ccc[nH]2)C(C)(C)C1.CC1=[N+]([O-])C(Cc2ccc[nH]2)C(C)(C)C1. The van der Waals surface area contributed by atoms with Crippen LogP contribution in [0.1, 0.15) is 132 Å². The molecule has 5 aliphatic rings. The van der Waals surface area contributed by atoms with Gasteiger partial charge < -0.3 is 35.6 Å². The van der Waals surface area contributed by atoms with Crippen molar-refractivity contribution in [1.82, 2.24) is 25.6 Å². The summed E-state index contributed by atoms with van der Waals surface area (Å²) < 4.78 is 1.20. The fourth-order valence-corrected chi connectivity index (χ4v) is 10.8. The molecule has 0 saturated carbocycles. The number of aromatic nitrogens is 3. The molecule has 5 N–H and O–H groups in total. The summed E-state index contributed by atoms with van der Waals surface area (Å²) in [6.07, 6.45) is 17.1. The zero-order valence-corrected chi connectivity index (χ0v) is 38.4. The number of hydrogen-bond acceptors (Lipinski definition) is 7. The number of Topliss-reactive ketones (excluding diaryl/α,β-unsaturated/α-hetero) is 1. The number of hydrogen-bond donors (Lipinski definition) is 5. The third-order valence-electron chi connectivity index (χ3n) is 13.9. The molecule has 2 saturated heterocycles. The highest BCUT2D eigenvalue weighted by molar-refractivity contribution is 5.84. The van der Waals surface area contributed by atoms with Gasteiger partial charge in [-0.25, -0.2) is 4.74 Å². The van der Waals surface area contributed by atoms with Crippen molar-refractivity contribution in [2.75, 3.05) is 0 Å². The van der Waals surface area contributed by atoms with Gasteiger partial charge in [0.1, 0.15) is 5.78 Å². The maximum atomic E-state index is 11.9. The second-order valence-corrected chi connectivity index (χ2v) is 21.3. The number of aliphatic imine (C=N–C) groups is 1. The molecule has 2 bridgehead atoms. The highest BCUT2D eigenvalue weighted by Gasteiger charge is 2.56. The van der Waals surface area contributed by atoms with Gasteiger partial charge in [0.15, 0.2) is 11.8 Å². The van der Waals surface area contributed by atoms with E-state index in [4.69, 9.17) is 4.99 Å². The highest BCUT2D eigenvalue weighted by atomic mass is 16.6. The molecule has 330 valence electrons. The summed E-state index contributed by atoms with van der Waals surface area (Å²) in [4.78, 5) is 36.1. The van der Waals surface area contributed by atoms with Crippen molar-refractivity contribution in [3.63, 3.8) is 0 Å². The molecule has 0 aliphatic carbocycles. The number of piperidine rings is 1. The Morgan fingerprint density at radius 3 is 1.97 bits per heavy atom. The van der Waals surface area contributed by atoms with Crippen LogP contribution in [-0.2, 0) is 24.1 Å². The van der Waals surface area contributed by atoms with Gasteiger partial charge in [-0.3, -0.25) is 15.1 Å². The second-order valence-electron chi connectivity index (χ2n) is 21.3. The number of hydroxylamine groups is 1. The molecule has 0 spiro atoms. The first kappa shape index (κ1) is 46.6. The van der Waals surface area contributed by atoms with Crippen LogP contribution in [0.5, 0.6) is 0 Å². The number of nitrogens with zero attached hydrogens (tertiary/aromatic N) is 3. The first-order chi connectivity index (χ1) is 27.9. The molecule has 5 aliphatic heterocycles. The minimum atomic E-state index is -0.759. The summed E-state index contributed by atoms with van der Waals surface area (Å²) >= 11 is 0. The van der Waals surface area contributed by atoms with Crippen molar-refractivity contribution in [3.8, 4) is 0 Å². The van der Waals surface area contributed by atoms with Crippen molar-refractivity contribution < 1.29 is 14.5 Å². The largest absolute Gasteiger partial charge is 0.624 e. The smallest absolute Gasteiger partial charge is 0.223 e. The molecule has 8 heterocycles. The molecule has 60 heavy (non-hydrogen) atoms. The summed E-state index contributed by atoms with van der Waals surface area (Å²) in [7, 11) is 0. The zero-order chi connectivity index (χ0) is 44.3. The number of rotatable bonds is 10. The Labute approximate surface area is 358 Å². The number of nitrogens with one attached hydrogen (secondary N) is 5. The minimum Gasteiger partial charge on any atom is -0.624 e. The normalized spacial score (nSPS) is 28.2. The number of aromatic amines is 3. The number of nitro groups is 1. The molecule has 0 aromatic carbocycles. The van der Waals surface area contributed by atoms with E-state index in [9.17, 15) is 20.1 Å². The van der Waals surface area contributed by atoms with Crippen LogP contribution >= 0.6 is 0 Å². The van der Waals surface area contributed by atoms with Gasteiger partial charge in [-0.1, -0.05) is 61.5 Å². The topological polar surface area (TPSA) is 170 Å². The van der Waals surface area contributed by atoms with Gasteiger partial charge in [-0.2, -0.15) is 0 Å². The zero-order valence-electron chi connectivity index (χ0n) is 38.4. The second kappa shape index (κ2) is 18.3. The lowest BCUT2D eigenvalue weighted by molar-refractivity contribution is -0.540. The summed E-state index contributed by atoms with van der Waals surface area (Å²) in [5, 5.41) is 30.4. The molecule has 12 nitrogen and oxygen atoms in total. The lowest BCUT2D eigenvalue weighted by Crippen LogP contribution is -2.57. The maximum Gasteiger partial charge on any atom is 0.223 e. The van der Waals surface area contributed by atoms with E-state index >= 15 is 0 Å². The van der Waals surface area contributed by atoms with Crippen molar-refractivity contribution in [2.45, 2.75) is 170 Å². The molecule has 4 unspecified atom stereocenters. The molecule has 0 amide bonds. The molecule has 2 fully saturated rings. The molecular formula is C48H74N8O4. The fourth-order valence-electron chi connectivity index (χ4n) is 10.8. The average Bonchev–Trinajstić information content (AvgIpc) is 3.99. The Bertz CT molecular complexity index is 1970. The standard InChI is InChI=1S/C12H18N2O3.C12H18N2O.C12H20N2.C12H18N2/c1-9(15)8-12(2,3)11(14(16)17)7-10-5-4-6-13-10;1-9-8-12(2,3)11(14(9)15)7-10-5-4-6-13-10;1-11(2)7-12(3)8-4-5-13-9(8)6-10(11)14-12;1-9-8-12(2,3)11(14-9)7-10-5-4-6-13-10/h4-6,11,13H,7-8H2,1-3H3;4-6,11,13H,7-8H2,1-3H3;4-5,8-10,13-14H,6-7H2,1-3H3;4-6,11,13H,7-8H2,1-3H3/t;;8-,9-,10?,12-;/m..0./s1. The van der Waals surface area contributed by atoms with Crippen molar-refractivity contribution in [1.29, 1.82) is 0 Å². The van der Waals surface area contributed by atoms with Crippen LogP contribution in [-0.4, -0.2) is 77.6 Å². The van der Waals surface area contributed by atoms with Crippen LogP contribution in [0.15, 0.2) is 72.3 Å². The van der Waals surface area contributed by atoms with E-state index in [1.54, 1.807) is 20.0 Å². The molecular weight excluding hydrogens is 753 g/mol. The maximum absolute atomic E-state index is 11.9. The number of fused-ring (bicyclic) bond motifs is 4. The Morgan fingerprint density at radius 1 is 0.900 bits per heavy atom. The van der Waals surface area contributed by atoms with Gasteiger partial charge >= 0.3 is 0 Å². The fraction of sp³-hybridized carbons (Fsp3) is 0.646. The molecule has 3 aromatic heterocycles. The van der Waals surface area contributed by atoms with E-state index in [0.29, 0.717) is 46.8 Å². The van der Waals surface area contributed by atoms with Crippen molar-refractivity contribution >= 4 is 17.2 Å². The summed E-state index contributed by atoms with van der Waals surface area (Å²) in [6.45, 7) is 25.2. The lowest BCUT2D eigenvalue weighted by Gasteiger charge is -2.41. The predicted octanol–water partition coefficient (Wildman–Crippen LogP) is 8.99. The van der Waals surface area contributed by atoms with Gasteiger partial charge in [0.25, 0.3) is 0 Å². The first-order valence-electron chi connectivity index (χ1n) is 21.9. The summed E-state index contributed by atoms with van der Waals surface area (Å²) in [5.41, 5.74) is 6.08. The Hall–Kier alpha value is -4.45. The molecule has 7 atom stereocenters. The van der Waals surface area contributed by atoms with Crippen molar-refractivity contribution in [2.24, 2.45) is 32.6 Å². The number of ketones is 1. The van der Waals surface area contributed by atoms with Crippen LogP contribution in [0.25, 0.3) is 0 Å². The van der Waals surface area contributed by atoms with E-state index in [1.807, 2.05) is 49.6 Å². The highest BCUT2D eigenvalue weighted by Crippen LogP contribution is 2.50. The van der Waals surface area contributed by atoms with E-state index < -0.39 is 11.5 Å². The van der Waals surface area contributed by atoms with Gasteiger partial charge in [0, 0.05) is 107 Å². The Balaban J connectivity index is 0.000000152. The van der Waals surface area contributed by atoms with Gasteiger partial charge in [0.05, 0.1) is 18.9 Å². The predicted molar refractivity (Wildman–Crippen MR) is 243 cm³/mol. The molecule has 0 radical (unpaired) electrons. The van der Waals surface area contributed by atoms with Gasteiger partial charge in [-0.05, 0) is 93.5 Å². The molecule has 3 aromatic rings. The van der Waals surface area contributed by atoms with Crippen LogP contribution < -0.4 is 10.6 Å². The van der Waals surface area contributed by atoms with Crippen LogP contribution in [0, 0.1) is 42.9 Å². The van der Waals surface area contributed by atoms with E-state index in [1.165, 1.54) is 35.9 Å². The monoisotopic (exact) mass is 827 g/mol. The number of H-pyrrole nitrogens is 3. The quantitative estimate of drug-likeness (QED) is 0.0591. The Kier molecular flexibility index (Phi) is 14.2. The third kappa shape index (κ3) is 11.3. The lowest BCUT2D eigenvalue weighted by atomic mass is 9.78. The summed E-state index contributed by atoms with van der Waals surface area (Å²) in [5.74, 6) is 0.675.